The number of esters is 1. The first-order valence-electron chi connectivity index (χ1n) is 11.0. The number of methoxy groups -OCH3 is 1. The Morgan fingerprint density at radius 2 is 1.88 bits per heavy atom. The van der Waals surface area contributed by atoms with Crippen LogP contribution in [0.4, 0.5) is 0 Å². The van der Waals surface area contributed by atoms with Crippen LogP contribution in [-0.2, 0) is 22.5 Å². The second-order valence-corrected chi connectivity index (χ2v) is 8.23. The molecule has 0 unspecified atom stereocenters. The highest BCUT2D eigenvalue weighted by Gasteiger charge is 2.17. The summed E-state index contributed by atoms with van der Waals surface area (Å²) in [5.41, 5.74) is 8.56. The van der Waals surface area contributed by atoms with Crippen LogP contribution in [0.2, 0.25) is 0 Å². The molecule has 170 valence electrons. The zero-order chi connectivity index (χ0) is 23.7. The van der Waals surface area contributed by atoms with Crippen LogP contribution in [0.3, 0.4) is 0 Å². The van der Waals surface area contributed by atoms with Gasteiger partial charge < -0.3 is 13.8 Å². The third kappa shape index (κ3) is 4.08. The van der Waals surface area contributed by atoms with E-state index in [2.05, 4.69) is 27.0 Å². The molecule has 0 aliphatic rings. The number of hydrogen-bond donors (Lipinski definition) is 0. The number of ether oxygens (including phenoxy) is 1. The first kappa shape index (κ1) is 21.6. The van der Waals surface area contributed by atoms with Crippen molar-refractivity contribution >= 4 is 17.0 Å². The quantitative estimate of drug-likeness (QED) is 0.332. The van der Waals surface area contributed by atoms with Gasteiger partial charge in [0.1, 0.15) is 5.76 Å². The molecular weight excluding hydrogens is 428 g/mol. The Morgan fingerprint density at radius 3 is 2.56 bits per heavy atom. The van der Waals surface area contributed by atoms with Crippen LogP contribution in [0.5, 0.6) is 0 Å². The lowest BCUT2D eigenvalue weighted by atomic mass is 10.0. The molecule has 0 aliphatic heterocycles. The Morgan fingerprint density at radius 1 is 1.06 bits per heavy atom. The van der Waals surface area contributed by atoms with Crippen molar-refractivity contribution in [2.75, 3.05) is 7.11 Å². The maximum Gasteiger partial charge on any atom is 0.309 e. The van der Waals surface area contributed by atoms with Crippen molar-refractivity contribution in [2.24, 2.45) is 0 Å². The predicted molar refractivity (Wildman–Crippen MR) is 129 cm³/mol. The largest absolute Gasteiger partial charge is 0.469 e. The molecule has 4 heterocycles. The Balaban J connectivity index is 1.61. The second-order valence-electron chi connectivity index (χ2n) is 8.23. The molecule has 0 spiro atoms. The van der Waals surface area contributed by atoms with Crippen molar-refractivity contribution in [1.29, 1.82) is 0 Å². The van der Waals surface area contributed by atoms with Crippen molar-refractivity contribution in [3.8, 4) is 22.3 Å². The summed E-state index contributed by atoms with van der Waals surface area (Å²) in [6.07, 6.45) is 6.03. The summed E-state index contributed by atoms with van der Waals surface area (Å²) in [6.45, 7) is 4.46. The molecule has 1 aromatic carbocycles. The van der Waals surface area contributed by atoms with E-state index in [1.54, 1.807) is 6.20 Å². The van der Waals surface area contributed by atoms with E-state index < -0.39 is 0 Å². The number of nitrogens with zero attached hydrogens (tertiary/aromatic N) is 4. The Bertz CT molecular complexity index is 1450. The Labute approximate surface area is 197 Å². The minimum Gasteiger partial charge on any atom is -0.469 e. The topological polar surface area (TPSA) is 83.0 Å². The number of pyridine rings is 2. The van der Waals surface area contributed by atoms with Gasteiger partial charge in [0.2, 0.25) is 0 Å². The minimum atomic E-state index is -0.256. The highest BCUT2D eigenvalue weighted by molar-refractivity contribution is 5.95. The molecule has 7 nitrogen and oxygen atoms in total. The summed E-state index contributed by atoms with van der Waals surface area (Å²) in [7, 11) is 1.40. The lowest BCUT2D eigenvalue weighted by Gasteiger charge is -2.06. The zero-order valence-electron chi connectivity index (χ0n) is 19.3. The van der Waals surface area contributed by atoms with Crippen LogP contribution >= 0.6 is 0 Å². The van der Waals surface area contributed by atoms with Gasteiger partial charge in [0.25, 0.3) is 0 Å². The van der Waals surface area contributed by atoms with Crippen LogP contribution in [0, 0.1) is 13.8 Å². The third-order valence-electron chi connectivity index (χ3n) is 5.94. The fourth-order valence-corrected chi connectivity index (χ4v) is 4.25. The van der Waals surface area contributed by atoms with Crippen LogP contribution in [0.25, 0.3) is 33.3 Å². The molecule has 0 atom stereocenters. The molecule has 7 heteroatoms. The monoisotopic (exact) mass is 452 g/mol. The van der Waals surface area contributed by atoms with Gasteiger partial charge >= 0.3 is 5.97 Å². The molecule has 0 N–H and O–H groups in total. The summed E-state index contributed by atoms with van der Waals surface area (Å²) in [5.74, 6) is 0.510. The molecule has 0 saturated carbocycles. The smallest absolute Gasteiger partial charge is 0.309 e. The summed E-state index contributed by atoms with van der Waals surface area (Å²) in [5, 5.41) is 4.10. The number of benzene rings is 1. The van der Waals surface area contributed by atoms with Gasteiger partial charge in [-0.1, -0.05) is 35.5 Å². The van der Waals surface area contributed by atoms with Gasteiger partial charge in [-0.3, -0.25) is 14.8 Å². The second kappa shape index (κ2) is 8.94. The molecule has 0 amide bonds. The van der Waals surface area contributed by atoms with Gasteiger partial charge in [-0.15, -0.1) is 0 Å². The molecule has 34 heavy (non-hydrogen) atoms. The van der Waals surface area contributed by atoms with Gasteiger partial charge in [0.05, 0.1) is 42.5 Å². The SMILES string of the molecule is COC(=O)Cc1ccc(-c2cn(Cc3ccccn3)c3cc(-c4c(C)noc4C)cnc23)cc1. The van der Waals surface area contributed by atoms with E-state index in [1.165, 1.54) is 7.11 Å². The first-order valence-corrected chi connectivity index (χ1v) is 11.0. The number of aryl methyl sites for hydroxylation is 2. The van der Waals surface area contributed by atoms with Gasteiger partial charge in [-0.25, -0.2) is 0 Å². The van der Waals surface area contributed by atoms with Gasteiger partial charge in [-0.05, 0) is 43.2 Å². The average molecular weight is 453 g/mol. The van der Waals surface area contributed by atoms with Crippen LogP contribution in [0.15, 0.2) is 71.6 Å². The van der Waals surface area contributed by atoms with E-state index >= 15 is 0 Å². The number of rotatable bonds is 6. The van der Waals surface area contributed by atoms with E-state index in [-0.39, 0.29) is 12.4 Å². The highest BCUT2D eigenvalue weighted by Crippen LogP contribution is 2.34. The molecule has 4 aromatic heterocycles. The lowest BCUT2D eigenvalue weighted by Crippen LogP contribution is -2.04. The number of carbonyl (C=O) groups excluding carboxylic acids is 1. The number of aromatic nitrogens is 4. The van der Waals surface area contributed by atoms with Gasteiger partial charge in [-0.2, -0.15) is 0 Å². The molecule has 0 fully saturated rings. The molecule has 5 aromatic rings. The summed E-state index contributed by atoms with van der Waals surface area (Å²) in [4.78, 5) is 21.0. The highest BCUT2D eigenvalue weighted by atomic mass is 16.5. The van der Waals surface area contributed by atoms with Crippen molar-refractivity contribution in [2.45, 2.75) is 26.8 Å². The minimum absolute atomic E-state index is 0.247. The zero-order valence-corrected chi connectivity index (χ0v) is 19.3. The molecule has 0 saturated heterocycles. The number of fused-ring (bicyclic) bond motifs is 1. The standard InChI is InChI=1S/C27H24N4O3/c1-17-26(18(2)34-30-17)21-13-24-27(29-14-21)23(16-31(24)15-22-6-4-5-11-28-22)20-9-7-19(8-10-20)12-25(32)33-3/h4-11,13-14,16H,12,15H2,1-3H3. The lowest BCUT2D eigenvalue weighted by molar-refractivity contribution is -0.139. The van der Waals surface area contributed by atoms with Crippen LogP contribution < -0.4 is 0 Å². The maximum absolute atomic E-state index is 11.6. The van der Waals surface area contributed by atoms with Crippen molar-refractivity contribution in [3.05, 3.63) is 89.8 Å². The van der Waals surface area contributed by atoms with Crippen molar-refractivity contribution < 1.29 is 14.1 Å². The summed E-state index contributed by atoms with van der Waals surface area (Å²) >= 11 is 0. The van der Waals surface area contributed by atoms with Crippen LogP contribution in [0.1, 0.15) is 22.7 Å². The van der Waals surface area contributed by atoms with E-state index in [0.29, 0.717) is 6.54 Å². The van der Waals surface area contributed by atoms with Crippen molar-refractivity contribution in [3.63, 3.8) is 0 Å². The van der Waals surface area contributed by atoms with Crippen LogP contribution in [-0.4, -0.2) is 32.8 Å². The molecule has 0 aliphatic carbocycles. The summed E-state index contributed by atoms with van der Waals surface area (Å²) < 4.78 is 12.3. The van der Waals surface area contributed by atoms with Crippen molar-refractivity contribution in [1.82, 2.24) is 19.7 Å². The maximum atomic E-state index is 11.6. The van der Waals surface area contributed by atoms with E-state index in [9.17, 15) is 4.79 Å². The summed E-state index contributed by atoms with van der Waals surface area (Å²) in [6, 6.07) is 16.0. The third-order valence-corrected chi connectivity index (χ3v) is 5.94. The predicted octanol–water partition coefficient (Wildman–Crippen LogP) is 5.13. The van der Waals surface area contributed by atoms with E-state index in [1.807, 2.05) is 62.5 Å². The number of carbonyl (C=O) groups is 1. The Hall–Kier alpha value is -4.26. The van der Waals surface area contributed by atoms with E-state index in [0.717, 1.165) is 56.0 Å². The van der Waals surface area contributed by atoms with Gasteiger partial charge in [0.15, 0.2) is 0 Å². The van der Waals surface area contributed by atoms with Gasteiger partial charge in [0, 0.05) is 35.3 Å². The molecule has 0 bridgehead atoms. The fraction of sp³-hybridized carbons (Fsp3) is 0.185. The molecule has 5 rings (SSSR count). The fourth-order valence-electron chi connectivity index (χ4n) is 4.25. The Kier molecular flexibility index (Phi) is 5.67. The molecular formula is C27H24N4O3. The molecule has 0 radical (unpaired) electrons. The first-order chi connectivity index (χ1) is 16.5. The van der Waals surface area contributed by atoms with E-state index in [4.69, 9.17) is 14.2 Å². The average Bonchev–Trinajstić information content (AvgIpc) is 3.39. The normalized spacial score (nSPS) is 11.1. The number of hydrogen-bond acceptors (Lipinski definition) is 6.